The molecule has 0 unspecified atom stereocenters. The number of benzene rings is 1. The predicted molar refractivity (Wildman–Crippen MR) is 86.2 cm³/mol. The van der Waals surface area contributed by atoms with Gasteiger partial charge >= 0.3 is 0 Å². The Balaban J connectivity index is 2.16. The molecule has 1 amide bonds. The van der Waals surface area contributed by atoms with Gasteiger partial charge in [-0.2, -0.15) is 0 Å². The minimum atomic E-state index is -0.241. The fourth-order valence-corrected chi connectivity index (χ4v) is 3.07. The molecule has 3 nitrogen and oxygen atoms in total. The SMILES string of the molecule is C/C(C(=O)Nc1ccc(C)cc1)=C(\O)C1C(C)(C)C1(C)C. The Morgan fingerprint density at radius 3 is 2.00 bits per heavy atom. The van der Waals surface area contributed by atoms with Crippen molar-refractivity contribution in [2.75, 3.05) is 5.32 Å². The van der Waals surface area contributed by atoms with E-state index in [0.717, 1.165) is 11.3 Å². The molecule has 0 aliphatic heterocycles. The highest BCUT2D eigenvalue weighted by Gasteiger charge is 2.67. The maximum atomic E-state index is 12.3. The lowest BCUT2D eigenvalue weighted by molar-refractivity contribution is -0.113. The van der Waals surface area contributed by atoms with Crippen LogP contribution in [0.4, 0.5) is 5.69 Å². The molecule has 2 rings (SSSR count). The van der Waals surface area contributed by atoms with Gasteiger partial charge in [-0.1, -0.05) is 45.4 Å². The zero-order valence-corrected chi connectivity index (χ0v) is 13.7. The van der Waals surface area contributed by atoms with Crippen LogP contribution < -0.4 is 5.32 Å². The van der Waals surface area contributed by atoms with Gasteiger partial charge in [-0.3, -0.25) is 4.79 Å². The van der Waals surface area contributed by atoms with E-state index in [1.54, 1.807) is 6.92 Å². The number of anilines is 1. The number of allylic oxidation sites excluding steroid dienone is 1. The van der Waals surface area contributed by atoms with Crippen LogP contribution in [-0.2, 0) is 4.79 Å². The van der Waals surface area contributed by atoms with Crippen molar-refractivity contribution in [1.82, 2.24) is 0 Å². The molecule has 21 heavy (non-hydrogen) atoms. The second kappa shape index (κ2) is 4.90. The normalized spacial score (nSPS) is 20.7. The lowest BCUT2D eigenvalue weighted by Gasteiger charge is -2.09. The van der Waals surface area contributed by atoms with Crippen molar-refractivity contribution in [3.05, 3.63) is 41.2 Å². The number of carbonyl (C=O) groups excluding carboxylic acids is 1. The van der Waals surface area contributed by atoms with E-state index in [0.29, 0.717) is 5.57 Å². The highest BCUT2D eigenvalue weighted by Crippen LogP contribution is 2.70. The van der Waals surface area contributed by atoms with Crippen LogP contribution in [0.1, 0.15) is 40.2 Å². The van der Waals surface area contributed by atoms with Gasteiger partial charge < -0.3 is 10.4 Å². The Morgan fingerprint density at radius 2 is 1.57 bits per heavy atom. The van der Waals surface area contributed by atoms with Gasteiger partial charge in [-0.25, -0.2) is 0 Å². The number of hydrogen-bond acceptors (Lipinski definition) is 2. The Morgan fingerprint density at radius 1 is 1.10 bits per heavy atom. The first-order valence-corrected chi connectivity index (χ1v) is 7.37. The zero-order valence-electron chi connectivity index (χ0n) is 13.7. The summed E-state index contributed by atoms with van der Waals surface area (Å²) in [5, 5.41) is 13.3. The van der Waals surface area contributed by atoms with Crippen LogP contribution >= 0.6 is 0 Å². The van der Waals surface area contributed by atoms with Crippen molar-refractivity contribution in [1.29, 1.82) is 0 Å². The molecule has 0 spiro atoms. The Labute approximate surface area is 127 Å². The largest absolute Gasteiger partial charge is 0.511 e. The van der Waals surface area contributed by atoms with Crippen LogP contribution in [0.3, 0.4) is 0 Å². The standard InChI is InChI=1S/C18H25NO2/c1-11-7-9-13(10-8-11)19-16(21)12(2)14(20)15-17(3,4)18(15,5)6/h7-10,15,20H,1-6H3,(H,19,21)/b14-12+. The Hall–Kier alpha value is -1.77. The van der Waals surface area contributed by atoms with E-state index in [1.165, 1.54) is 0 Å². The van der Waals surface area contributed by atoms with Gasteiger partial charge in [-0.05, 0) is 36.8 Å². The molecule has 2 N–H and O–H groups in total. The molecule has 1 fully saturated rings. The topological polar surface area (TPSA) is 49.3 Å². The zero-order chi connectivity index (χ0) is 16.0. The molecule has 0 radical (unpaired) electrons. The molecule has 0 aromatic heterocycles. The van der Waals surface area contributed by atoms with Gasteiger partial charge in [-0.15, -0.1) is 0 Å². The molecule has 0 saturated heterocycles. The first-order valence-electron chi connectivity index (χ1n) is 7.37. The summed E-state index contributed by atoms with van der Waals surface area (Å²) < 4.78 is 0. The smallest absolute Gasteiger partial charge is 0.254 e. The maximum absolute atomic E-state index is 12.3. The molecule has 0 heterocycles. The number of aliphatic hydroxyl groups is 1. The molecular weight excluding hydrogens is 262 g/mol. The van der Waals surface area contributed by atoms with Crippen LogP contribution in [0.25, 0.3) is 0 Å². The van der Waals surface area contributed by atoms with Gasteiger partial charge in [0, 0.05) is 11.6 Å². The van der Waals surface area contributed by atoms with E-state index in [1.807, 2.05) is 31.2 Å². The summed E-state index contributed by atoms with van der Waals surface area (Å²) in [5.41, 5.74) is 2.32. The fraction of sp³-hybridized carbons (Fsp3) is 0.500. The molecule has 1 aromatic carbocycles. The number of carbonyl (C=O) groups is 1. The van der Waals surface area contributed by atoms with E-state index >= 15 is 0 Å². The summed E-state index contributed by atoms with van der Waals surface area (Å²) in [7, 11) is 0. The third kappa shape index (κ3) is 2.57. The first-order chi connectivity index (χ1) is 9.59. The number of rotatable bonds is 3. The fourth-order valence-electron chi connectivity index (χ4n) is 3.07. The second-order valence-corrected chi connectivity index (χ2v) is 7.21. The molecular formula is C18H25NO2. The van der Waals surface area contributed by atoms with E-state index in [9.17, 15) is 9.90 Å². The average Bonchev–Trinajstić information content (AvgIpc) is 2.80. The van der Waals surface area contributed by atoms with E-state index < -0.39 is 0 Å². The monoisotopic (exact) mass is 287 g/mol. The molecule has 0 bridgehead atoms. The van der Waals surface area contributed by atoms with Crippen LogP contribution in [-0.4, -0.2) is 11.0 Å². The molecule has 1 aromatic rings. The summed E-state index contributed by atoms with van der Waals surface area (Å²) in [6.45, 7) is 12.2. The summed E-state index contributed by atoms with van der Waals surface area (Å²) in [5.74, 6) is 0.0123. The molecule has 1 aliphatic rings. The van der Waals surface area contributed by atoms with Gasteiger partial charge in [0.25, 0.3) is 5.91 Å². The molecule has 3 heteroatoms. The first kappa shape index (κ1) is 15.6. The lowest BCUT2D eigenvalue weighted by atomic mass is 10.0. The van der Waals surface area contributed by atoms with Crippen LogP contribution in [0.2, 0.25) is 0 Å². The summed E-state index contributed by atoms with van der Waals surface area (Å²) in [6.07, 6.45) is 0. The highest BCUT2D eigenvalue weighted by molar-refractivity contribution is 6.03. The molecule has 0 atom stereocenters. The predicted octanol–water partition coefficient (Wildman–Crippen LogP) is 4.45. The highest BCUT2D eigenvalue weighted by atomic mass is 16.3. The minimum absolute atomic E-state index is 0.0164. The average molecular weight is 287 g/mol. The number of aryl methyl sites for hydroxylation is 1. The van der Waals surface area contributed by atoms with Crippen molar-refractivity contribution in [3.63, 3.8) is 0 Å². The van der Waals surface area contributed by atoms with Crippen LogP contribution in [0.5, 0.6) is 0 Å². The Bertz CT molecular complexity index is 580. The molecule has 1 aliphatic carbocycles. The second-order valence-electron chi connectivity index (χ2n) is 7.21. The lowest BCUT2D eigenvalue weighted by Crippen LogP contribution is -2.15. The third-order valence-corrected chi connectivity index (χ3v) is 5.33. The van der Waals surface area contributed by atoms with Crippen molar-refractivity contribution in [2.24, 2.45) is 16.7 Å². The van der Waals surface area contributed by atoms with Gasteiger partial charge in [0.1, 0.15) is 5.76 Å². The minimum Gasteiger partial charge on any atom is -0.511 e. The van der Waals surface area contributed by atoms with Crippen molar-refractivity contribution < 1.29 is 9.90 Å². The number of amides is 1. The summed E-state index contributed by atoms with van der Waals surface area (Å²) in [6, 6.07) is 7.62. The van der Waals surface area contributed by atoms with E-state index in [2.05, 4.69) is 33.0 Å². The van der Waals surface area contributed by atoms with Crippen LogP contribution in [0, 0.1) is 23.7 Å². The number of hydrogen-bond donors (Lipinski definition) is 2. The maximum Gasteiger partial charge on any atom is 0.254 e. The molecule has 114 valence electrons. The van der Waals surface area contributed by atoms with Gasteiger partial charge in [0.2, 0.25) is 0 Å². The third-order valence-electron chi connectivity index (χ3n) is 5.33. The van der Waals surface area contributed by atoms with Gasteiger partial charge in [0.05, 0.1) is 5.57 Å². The van der Waals surface area contributed by atoms with E-state index in [4.69, 9.17) is 0 Å². The van der Waals surface area contributed by atoms with Crippen molar-refractivity contribution in [2.45, 2.75) is 41.5 Å². The summed E-state index contributed by atoms with van der Waals surface area (Å²) >= 11 is 0. The van der Waals surface area contributed by atoms with E-state index in [-0.39, 0.29) is 28.4 Å². The van der Waals surface area contributed by atoms with Crippen LogP contribution in [0.15, 0.2) is 35.6 Å². The Kier molecular flexibility index (Phi) is 3.64. The quantitative estimate of drug-likeness (QED) is 0.637. The molecule has 1 saturated carbocycles. The number of aliphatic hydroxyl groups excluding tert-OH is 1. The summed E-state index contributed by atoms with van der Waals surface area (Å²) in [4.78, 5) is 12.3. The van der Waals surface area contributed by atoms with Gasteiger partial charge in [0.15, 0.2) is 0 Å². The van der Waals surface area contributed by atoms with Crippen molar-refractivity contribution >= 4 is 11.6 Å². The van der Waals surface area contributed by atoms with Crippen molar-refractivity contribution in [3.8, 4) is 0 Å². The number of nitrogens with one attached hydrogen (secondary N) is 1.